The van der Waals surface area contributed by atoms with Crippen LogP contribution in [0.2, 0.25) is 0 Å². The molecule has 0 heterocycles. The molecule has 0 fully saturated rings. The predicted molar refractivity (Wildman–Crippen MR) is 276 cm³/mol. The molecule has 8 rings (SSSR count). The molecule has 0 unspecified atom stereocenters. The van der Waals surface area contributed by atoms with Crippen LogP contribution in [0.25, 0.3) is 72.9 Å². The molecule has 4 nitrogen and oxygen atoms in total. The first kappa shape index (κ1) is 43.6. The van der Waals surface area contributed by atoms with Crippen LogP contribution in [0.15, 0.2) is 206 Å². The fraction of sp³-hybridized carbons (Fsp3) is 0. The van der Waals surface area contributed by atoms with Gasteiger partial charge in [-0.1, -0.05) is 267 Å². The van der Waals surface area contributed by atoms with Crippen molar-refractivity contribution in [2.24, 2.45) is 0 Å². The molecule has 0 saturated heterocycles. The smallest absolute Gasteiger partial charge is 0.395 e. The summed E-state index contributed by atoms with van der Waals surface area (Å²) in [5.41, 5.74) is 10.6. The second-order valence-electron chi connectivity index (χ2n) is 15.1. The van der Waals surface area contributed by atoms with Gasteiger partial charge in [-0.15, -0.1) is 0 Å². The van der Waals surface area contributed by atoms with Crippen molar-refractivity contribution >= 4 is 80.7 Å². The zero-order chi connectivity index (χ0) is 44.5. The molecule has 0 aliphatic heterocycles. The van der Waals surface area contributed by atoms with Gasteiger partial charge in [-0.2, -0.15) is 0 Å². The van der Waals surface area contributed by atoms with Crippen LogP contribution in [0.4, 0.5) is 0 Å². The maximum atomic E-state index is 14.6. The normalized spacial score (nSPS) is 12.8. The first-order valence-electron chi connectivity index (χ1n) is 21.4. The molecule has 0 aliphatic rings. The van der Waals surface area contributed by atoms with Gasteiger partial charge in [-0.05, 0) is 67.8 Å². The highest BCUT2D eigenvalue weighted by atomic mass is 31.2. The summed E-state index contributed by atoms with van der Waals surface area (Å²) >= 11 is 0. The van der Waals surface area contributed by atoms with E-state index in [2.05, 4.69) is 0 Å². The molecule has 0 atom stereocenters. The van der Waals surface area contributed by atoms with Gasteiger partial charge in [0.1, 0.15) is 11.5 Å². The van der Waals surface area contributed by atoms with Gasteiger partial charge in [-0.25, -0.2) is 4.57 Å². The summed E-state index contributed by atoms with van der Waals surface area (Å²) in [6, 6.07) is 67.2. The van der Waals surface area contributed by atoms with Crippen LogP contribution in [0, 0.1) is 0 Å². The molecule has 0 spiro atoms. The third-order valence-electron chi connectivity index (χ3n) is 10.5. The molecule has 8 aromatic carbocycles. The Balaban J connectivity index is 1.24. The van der Waals surface area contributed by atoms with Crippen molar-refractivity contribution in [3.05, 3.63) is 273 Å². The van der Waals surface area contributed by atoms with Gasteiger partial charge in [0, 0.05) is 11.1 Å². The topological polar surface area (TPSA) is 55.8 Å². The standard InChI is InChI=1S/C60H47O4P/c61-65(62,63-59-45-39-53(37-31-47-19-7-1-8-20-47)55(41-33-49-23-11-3-12-24-49)57(59)43-35-51-27-15-5-16-28-51)64-60-46-40-54(38-32-48-21-9-2-10-22-48)56(42-34-50-25-13-4-14-26-50)58(60)44-36-52-29-17-6-18-30-52/h1-46H,(H,61,62). The summed E-state index contributed by atoms with van der Waals surface area (Å²) < 4.78 is 26.9. The fourth-order valence-corrected chi connectivity index (χ4v) is 8.03. The number of phosphoric ester groups is 1. The van der Waals surface area contributed by atoms with Gasteiger partial charge in [0.25, 0.3) is 0 Å². The quantitative estimate of drug-likeness (QED) is 0.0777. The van der Waals surface area contributed by atoms with Crippen molar-refractivity contribution in [2.45, 2.75) is 0 Å². The van der Waals surface area contributed by atoms with E-state index in [1.165, 1.54) is 0 Å². The average Bonchev–Trinajstić information content (AvgIpc) is 3.35. The lowest BCUT2D eigenvalue weighted by Gasteiger charge is -2.20. The van der Waals surface area contributed by atoms with Crippen molar-refractivity contribution in [1.82, 2.24) is 0 Å². The monoisotopic (exact) mass is 862 g/mol. The van der Waals surface area contributed by atoms with Crippen LogP contribution >= 0.6 is 7.82 Å². The number of phosphoric acid groups is 1. The SMILES string of the molecule is O=P(O)(Oc1ccc(C=Cc2ccccc2)c(C=Cc2ccccc2)c1C=Cc1ccccc1)Oc1ccc(C=Cc2ccccc2)c(C=Cc2ccccc2)c1C=Cc1ccccc1. The van der Waals surface area contributed by atoms with E-state index in [1.54, 1.807) is 12.1 Å². The molecule has 0 saturated carbocycles. The van der Waals surface area contributed by atoms with Gasteiger partial charge in [-0.3, -0.25) is 4.89 Å². The molecule has 0 aromatic heterocycles. The zero-order valence-corrected chi connectivity index (χ0v) is 36.6. The van der Waals surface area contributed by atoms with Crippen LogP contribution in [-0.4, -0.2) is 4.89 Å². The highest BCUT2D eigenvalue weighted by Crippen LogP contribution is 2.48. The van der Waals surface area contributed by atoms with E-state index in [0.717, 1.165) is 55.6 Å². The molecule has 0 bridgehead atoms. The maximum absolute atomic E-state index is 14.6. The van der Waals surface area contributed by atoms with Crippen molar-refractivity contribution in [3.63, 3.8) is 0 Å². The first-order chi connectivity index (χ1) is 32.0. The Morgan fingerprint density at radius 3 is 0.769 bits per heavy atom. The Bertz CT molecular complexity index is 2820. The Kier molecular flexibility index (Phi) is 14.7. The van der Waals surface area contributed by atoms with Crippen molar-refractivity contribution < 1.29 is 18.5 Å². The lowest BCUT2D eigenvalue weighted by Crippen LogP contribution is -2.04. The zero-order valence-electron chi connectivity index (χ0n) is 35.7. The minimum Gasteiger partial charge on any atom is -0.395 e. The van der Waals surface area contributed by atoms with Crippen LogP contribution in [0.3, 0.4) is 0 Å². The highest BCUT2D eigenvalue weighted by Gasteiger charge is 2.29. The lowest BCUT2D eigenvalue weighted by atomic mass is 9.96. The first-order valence-corrected chi connectivity index (χ1v) is 22.9. The molecule has 65 heavy (non-hydrogen) atoms. The largest absolute Gasteiger partial charge is 0.584 e. The molecule has 1 N–H and O–H groups in total. The number of benzene rings is 8. The molecular formula is C60H47O4P. The van der Waals surface area contributed by atoms with E-state index >= 15 is 0 Å². The van der Waals surface area contributed by atoms with Gasteiger partial charge in [0.15, 0.2) is 0 Å². The van der Waals surface area contributed by atoms with Gasteiger partial charge >= 0.3 is 7.82 Å². The average molecular weight is 863 g/mol. The van der Waals surface area contributed by atoms with E-state index in [1.807, 2.05) is 267 Å². The number of hydrogen-bond acceptors (Lipinski definition) is 3. The Morgan fingerprint density at radius 2 is 0.508 bits per heavy atom. The Labute approximate surface area is 382 Å². The maximum Gasteiger partial charge on any atom is 0.584 e. The second-order valence-corrected chi connectivity index (χ2v) is 16.4. The summed E-state index contributed by atoms with van der Waals surface area (Å²) in [5.74, 6) is 0.362. The molecule has 0 amide bonds. The molecule has 0 radical (unpaired) electrons. The van der Waals surface area contributed by atoms with E-state index in [0.29, 0.717) is 11.1 Å². The van der Waals surface area contributed by atoms with E-state index in [-0.39, 0.29) is 11.5 Å². The molecular weight excluding hydrogens is 816 g/mol. The van der Waals surface area contributed by atoms with E-state index < -0.39 is 7.82 Å². The minimum absolute atomic E-state index is 0.181. The van der Waals surface area contributed by atoms with E-state index in [4.69, 9.17) is 9.05 Å². The van der Waals surface area contributed by atoms with Gasteiger partial charge in [0.05, 0.1) is 0 Å². The van der Waals surface area contributed by atoms with E-state index in [9.17, 15) is 9.46 Å². The Morgan fingerprint density at radius 1 is 0.277 bits per heavy atom. The van der Waals surface area contributed by atoms with Crippen molar-refractivity contribution in [2.75, 3.05) is 0 Å². The summed E-state index contributed by atoms with van der Waals surface area (Å²) in [6.45, 7) is 0. The second kappa shape index (κ2) is 21.9. The molecule has 5 heteroatoms. The van der Waals surface area contributed by atoms with Gasteiger partial charge in [0.2, 0.25) is 0 Å². The summed E-state index contributed by atoms with van der Waals surface area (Å²) in [7, 11) is -4.88. The summed E-state index contributed by atoms with van der Waals surface area (Å²) in [5, 5.41) is 0. The third kappa shape index (κ3) is 12.6. The van der Waals surface area contributed by atoms with Crippen molar-refractivity contribution in [1.29, 1.82) is 0 Å². The number of hydrogen-bond donors (Lipinski definition) is 1. The van der Waals surface area contributed by atoms with Crippen LogP contribution in [0.5, 0.6) is 11.5 Å². The molecule has 0 aliphatic carbocycles. The molecule has 8 aromatic rings. The number of rotatable bonds is 16. The third-order valence-corrected chi connectivity index (χ3v) is 11.3. The fourth-order valence-electron chi connectivity index (χ4n) is 7.17. The predicted octanol–water partition coefficient (Wildman–Crippen LogP) is 16.3. The molecule has 316 valence electrons. The highest BCUT2D eigenvalue weighted by molar-refractivity contribution is 7.48. The van der Waals surface area contributed by atoms with Crippen molar-refractivity contribution in [3.8, 4) is 11.5 Å². The van der Waals surface area contributed by atoms with Crippen LogP contribution in [-0.2, 0) is 4.57 Å². The van der Waals surface area contributed by atoms with Crippen LogP contribution < -0.4 is 9.05 Å². The van der Waals surface area contributed by atoms with Crippen LogP contribution in [0.1, 0.15) is 66.8 Å². The Hall–Kier alpha value is -8.01. The lowest BCUT2D eigenvalue weighted by molar-refractivity contribution is 0.290. The minimum atomic E-state index is -4.88. The summed E-state index contributed by atoms with van der Waals surface area (Å²) in [6.07, 6.45) is 24.0. The van der Waals surface area contributed by atoms with Gasteiger partial charge < -0.3 is 9.05 Å². The summed E-state index contributed by atoms with van der Waals surface area (Å²) in [4.78, 5) is 11.9.